The normalized spacial score (nSPS) is 11.0. The predicted molar refractivity (Wildman–Crippen MR) is 106 cm³/mol. The number of hydrogen-bond acceptors (Lipinski definition) is 3. The van der Waals surface area contributed by atoms with Gasteiger partial charge in [0.15, 0.2) is 0 Å². The van der Waals surface area contributed by atoms with Crippen LogP contribution in [0.5, 0.6) is 0 Å². The SMILES string of the molecule is CCCCCCCCCCCCOOC(=O)CCCCCCCCC. The van der Waals surface area contributed by atoms with E-state index in [4.69, 9.17) is 9.78 Å². The third kappa shape index (κ3) is 21.4. The highest BCUT2D eigenvalue weighted by Gasteiger charge is 2.03. The number of carbonyl (C=O) groups is 1. The van der Waals surface area contributed by atoms with Crippen molar-refractivity contribution in [3.8, 4) is 0 Å². The van der Waals surface area contributed by atoms with Crippen LogP contribution in [0.4, 0.5) is 0 Å². The first-order chi connectivity index (χ1) is 12.3. The molecular formula is C22H44O3. The van der Waals surface area contributed by atoms with Crippen molar-refractivity contribution < 1.29 is 14.6 Å². The minimum absolute atomic E-state index is 0.208. The van der Waals surface area contributed by atoms with Crippen LogP contribution in [0, 0.1) is 0 Å². The van der Waals surface area contributed by atoms with E-state index in [1.165, 1.54) is 89.9 Å². The van der Waals surface area contributed by atoms with Crippen LogP contribution in [-0.2, 0) is 14.6 Å². The Morgan fingerprint density at radius 2 is 0.960 bits per heavy atom. The minimum atomic E-state index is -0.208. The Morgan fingerprint density at radius 1 is 0.560 bits per heavy atom. The Balaban J connectivity index is 3.12. The largest absolute Gasteiger partial charge is 0.342 e. The molecule has 0 aliphatic rings. The van der Waals surface area contributed by atoms with E-state index in [-0.39, 0.29) is 5.97 Å². The van der Waals surface area contributed by atoms with Gasteiger partial charge in [-0.05, 0) is 12.8 Å². The summed E-state index contributed by atoms with van der Waals surface area (Å²) >= 11 is 0. The van der Waals surface area contributed by atoms with Gasteiger partial charge in [0.1, 0.15) is 0 Å². The smallest absolute Gasteiger partial charge is 0.298 e. The lowest BCUT2D eigenvalue weighted by Gasteiger charge is -2.04. The molecule has 0 saturated heterocycles. The average molecular weight is 357 g/mol. The summed E-state index contributed by atoms with van der Waals surface area (Å²) in [5.74, 6) is -0.208. The summed E-state index contributed by atoms with van der Waals surface area (Å²) in [6.07, 6.45) is 22.0. The van der Waals surface area contributed by atoms with Crippen LogP contribution >= 0.6 is 0 Å². The highest BCUT2D eigenvalue weighted by molar-refractivity contribution is 5.68. The molecule has 0 unspecified atom stereocenters. The summed E-state index contributed by atoms with van der Waals surface area (Å²) in [6, 6.07) is 0. The maximum absolute atomic E-state index is 11.5. The first kappa shape index (κ1) is 24.4. The fourth-order valence-electron chi connectivity index (χ4n) is 3.02. The van der Waals surface area contributed by atoms with Gasteiger partial charge in [0.2, 0.25) is 0 Å². The molecule has 0 rings (SSSR count). The zero-order chi connectivity index (χ0) is 18.4. The molecule has 0 heterocycles. The zero-order valence-electron chi connectivity index (χ0n) is 17.2. The summed E-state index contributed by atoms with van der Waals surface area (Å²) in [5.41, 5.74) is 0. The molecule has 0 atom stereocenters. The van der Waals surface area contributed by atoms with E-state index >= 15 is 0 Å². The maximum Gasteiger partial charge on any atom is 0.342 e. The molecule has 0 saturated carbocycles. The van der Waals surface area contributed by atoms with Crippen LogP contribution in [0.25, 0.3) is 0 Å². The van der Waals surface area contributed by atoms with Crippen molar-refractivity contribution in [3.05, 3.63) is 0 Å². The molecule has 0 fully saturated rings. The van der Waals surface area contributed by atoms with Crippen molar-refractivity contribution in [2.75, 3.05) is 6.61 Å². The second-order valence-corrected chi connectivity index (χ2v) is 7.33. The van der Waals surface area contributed by atoms with E-state index in [0.717, 1.165) is 19.3 Å². The summed E-state index contributed by atoms with van der Waals surface area (Å²) in [7, 11) is 0. The van der Waals surface area contributed by atoms with Crippen LogP contribution in [0.1, 0.15) is 129 Å². The molecule has 150 valence electrons. The third-order valence-electron chi connectivity index (χ3n) is 4.72. The molecule has 0 aromatic rings. The minimum Gasteiger partial charge on any atom is -0.298 e. The fraction of sp³-hybridized carbons (Fsp3) is 0.955. The van der Waals surface area contributed by atoms with Gasteiger partial charge in [0.05, 0.1) is 6.61 Å². The summed E-state index contributed by atoms with van der Waals surface area (Å²) in [6.45, 7) is 5.03. The number of hydrogen-bond donors (Lipinski definition) is 0. The highest BCUT2D eigenvalue weighted by atomic mass is 17.2. The zero-order valence-corrected chi connectivity index (χ0v) is 17.2. The van der Waals surface area contributed by atoms with Gasteiger partial charge in [-0.1, -0.05) is 110 Å². The van der Waals surface area contributed by atoms with Gasteiger partial charge < -0.3 is 0 Å². The lowest BCUT2D eigenvalue weighted by molar-refractivity contribution is -0.272. The molecule has 0 amide bonds. The molecule has 0 radical (unpaired) electrons. The Bertz CT molecular complexity index is 266. The van der Waals surface area contributed by atoms with Crippen molar-refractivity contribution in [3.63, 3.8) is 0 Å². The Labute approximate surface area is 157 Å². The summed E-state index contributed by atoms with van der Waals surface area (Å²) in [5, 5.41) is 0. The molecule has 0 aliphatic heterocycles. The molecule has 0 spiro atoms. The fourth-order valence-corrected chi connectivity index (χ4v) is 3.02. The van der Waals surface area contributed by atoms with Gasteiger partial charge in [0.25, 0.3) is 0 Å². The molecule has 3 nitrogen and oxygen atoms in total. The van der Waals surface area contributed by atoms with Gasteiger partial charge in [-0.2, -0.15) is 4.89 Å². The number of rotatable bonds is 20. The number of carbonyl (C=O) groups excluding carboxylic acids is 1. The van der Waals surface area contributed by atoms with E-state index in [9.17, 15) is 4.79 Å². The maximum atomic E-state index is 11.5. The van der Waals surface area contributed by atoms with Crippen molar-refractivity contribution in [2.24, 2.45) is 0 Å². The van der Waals surface area contributed by atoms with Gasteiger partial charge in [-0.25, -0.2) is 4.79 Å². The first-order valence-electron chi connectivity index (χ1n) is 11.1. The van der Waals surface area contributed by atoms with Crippen molar-refractivity contribution in [1.29, 1.82) is 0 Å². The van der Waals surface area contributed by atoms with Crippen molar-refractivity contribution in [1.82, 2.24) is 0 Å². The lowest BCUT2D eigenvalue weighted by atomic mass is 10.1. The molecule has 0 aliphatic carbocycles. The van der Waals surface area contributed by atoms with Gasteiger partial charge in [0, 0.05) is 6.42 Å². The van der Waals surface area contributed by atoms with Crippen LogP contribution < -0.4 is 0 Å². The van der Waals surface area contributed by atoms with Crippen LogP contribution in [0.15, 0.2) is 0 Å². The van der Waals surface area contributed by atoms with E-state index < -0.39 is 0 Å². The Morgan fingerprint density at radius 3 is 1.44 bits per heavy atom. The van der Waals surface area contributed by atoms with Crippen LogP contribution in [-0.4, -0.2) is 12.6 Å². The molecule has 25 heavy (non-hydrogen) atoms. The molecular weight excluding hydrogens is 312 g/mol. The van der Waals surface area contributed by atoms with E-state index in [0.29, 0.717) is 13.0 Å². The van der Waals surface area contributed by atoms with E-state index in [1.807, 2.05) is 0 Å². The van der Waals surface area contributed by atoms with Gasteiger partial charge >= 0.3 is 5.97 Å². The summed E-state index contributed by atoms with van der Waals surface area (Å²) in [4.78, 5) is 21.4. The number of unbranched alkanes of at least 4 members (excludes halogenated alkanes) is 15. The average Bonchev–Trinajstić information content (AvgIpc) is 2.62. The monoisotopic (exact) mass is 356 g/mol. The van der Waals surface area contributed by atoms with Gasteiger partial charge in [-0.3, -0.25) is 4.89 Å². The van der Waals surface area contributed by atoms with E-state index in [2.05, 4.69) is 13.8 Å². The topological polar surface area (TPSA) is 35.5 Å². The molecule has 0 aromatic carbocycles. The summed E-state index contributed by atoms with van der Waals surface area (Å²) < 4.78 is 0. The molecule has 0 aromatic heterocycles. The molecule has 3 heteroatoms. The van der Waals surface area contributed by atoms with E-state index in [1.54, 1.807) is 0 Å². The predicted octanol–water partition coefficient (Wildman–Crippen LogP) is 7.52. The third-order valence-corrected chi connectivity index (χ3v) is 4.72. The molecule has 0 bridgehead atoms. The lowest BCUT2D eigenvalue weighted by Crippen LogP contribution is -2.06. The van der Waals surface area contributed by atoms with Crippen molar-refractivity contribution in [2.45, 2.75) is 129 Å². The van der Waals surface area contributed by atoms with Crippen LogP contribution in [0.3, 0.4) is 0 Å². The Hall–Kier alpha value is -0.570. The Kier molecular flexibility index (Phi) is 21.0. The second kappa shape index (κ2) is 21.5. The first-order valence-corrected chi connectivity index (χ1v) is 11.1. The highest BCUT2D eigenvalue weighted by Crippen LogP contribution is 2.11. The standard InChI is InChI=1S/C22H44O3/c1-3-5-7-9-11-12-13-15-17-19-21-24-25-22(23)20-18-16-14-10-8-6-4-2/h3-21H2,1-2H3. The molecule has 0 N–H and O–H groups in total. The quantitative estimate of drug-likeness (QED) is 0.128. The van der Waals surface area contributed by atoms with Gasteiger partial charge in [-0.15, -0.1) is 0 Å². The van der Waals surface area contributed by atoms with Crippen LogP contribution in [0.2, 0.25) is 0 Å². The second-order valence-electron chi connectivity index (χ2n) is 7.33. The van der Waals surface area contributed by atoms with Crippen molar-refractivity contribution >= 4 is 5.97 Å².